The average molecular weight is 375 g/mol. The minimum atomic E-state index is 0.642. The SMILES string of the molecule is CCOc1cc(CN2CCN(Cc3ccc(Cl)cc3)CC2)ccc1OC. The van der Waals surface area contributed by atoms with E-state index in [4.69, 9.17) is 21.1 Å². The lowest BCUT2D eigenvalue weighted by Crippen LogP contribution is -2.45. The zero-order valence-electron chi connectivity index (χ0n) is 15.6. The lowest BCUT2D eigenvalue weighted by atomic mass is 10.1. The summed E-state index contributed by atoms with van der Waals surface area (Å²) in [6.45, 7) is 8.87. The van der Waals surface area contributed by atoms with Gasteiger partial charge in [-0.05, 0) is 42.3 Å². The summed E-state index contributed by atoms with van der Waals surface area (Å²) in [5.74, 6) is 1.62. The van der Waals surface area contributed by atoms with Gasteiger partial charge in [0.15, 0.2) is 11.5 Å². The van der Waals surface area contributed by atoms with Gasteiger partial charge >= 0.3 is 0 Å². The molecule has 4 nitrogen and oxygen atoms in total. The van der Waals surface area contributed by atoms with Gasteiger partial charge in [0.2, 0.25) is 0 Å². The molecule has 0 spiro atoms. The number of ether oxygens (including phenoxy) is 2. The number of rotatable bonds is 7. The van der Waals surface area contributed by atoms with Crippen molar-refractivity contribution in [1.29, 1.82) is 0 Å². The third-order valence-electron chi connectivity index (χ3n) is 4.72. The molecule has 0 aromatic heterocycles. The van der Waals surface area contributed by atoms with E-state index in [0.29, 0.717) is 6.61 Å². The van der Waals surface area contributed by atoms with Crippen LogP contribution in [0, 0.1) is 0 Å². The van der Waals surface area contributed by atoms with Crippen LogP contribution in [0.5, 0.6) is 11.5 Å². The van der Waals surface area contributed by atoms with Crippen molar-refractivity contribution < 1.29 is 9.47 Å². The van der Waals surface area contributed by atoms with E-state index >= 15 is 0 Å². The quantitative estimate of drug-likeness (QED) is 0.729. The van der Waals surface area contributed by atoms with Crippen LogP contribution in [-0.4, -0.2) is 49.7 Å². The monoisotopic (exact) mass is 374 g/mol. The van der Waals surface area contributed by atoms with E-state index in [-0.39, 0.29) is 0 Å². The number of benzene rings is 2. The van der Waals surface area contributed by atoms with E-state index in [2.05, 4.69) is 34.1 Å². The molecular formula is C21H27ClN2O2. The van der Waals surface area contributed by atoms with Crippen LogP contribution >= 0.6 is 11.6 Å². The van der Waals surface area contributed by atoms with Crippen LogP contribution in [0.1, 0.15) is 18.1 Å². The van der Waals surface area contributed by atoms with Crippen LogP contribution in [0.3, 0.4) is 0 Å². The normalized spacial score (nSPS) is 15.8. The Hall–Kier alpha value is -1.75. The second-order valence-electron chi connectivity index (χ2n) is 6.60. The second kappa shape index (κ2) is 9.26. The Labute approximate surface area is 161 Å². The molecule has 0 unspecified atom stereocenters. The molecule has 0 aliphatic carbocycles. The van der Waals surface area contributed by atoms with Gasteiger partial charge in [0.25, 0.3) is 0 Å². The molecule has 0 atom stereocenters. The molecule has 1 aliphatic heterocycles. The largest absolute Gasteiger partial charge is 0.493 e. The molecule has 3 rings (SSSR count). The Morgan fingerprint density at radius 2 is 1.42 bits per heavy atom. The lowest BCUT2D eigenvalue weighted by molar-refractivity contribution is 0.122. The maximum atomic E-state index is 5.96. The molecular weight excluding hydrogens is 348 g/mol. The smallest absolute Gasteiger partial charge is 0.161 e. The van der Waals surface area contributed by atoms with Gasteiger partial charge in [0.1, 0.15) is 0 Å². The fraction of sp³-hybridized carbons (Fsp3) is 0.429. The molecule has 140 valence electrons. The van der Waals surface area contributed by atoms with Crippen molar-refractivity contribution in [3.63, 3.8) is 0 Å². The Morgan fingerprint density at radius 1 is 0.846 bits per heavy atom. The molecule has 5 heteroatoms. The zero-order valence-corrected chi connectivity index (χ0v) is 16.3. The first-order chi connectivity index (χ1) is 12.7. The van der Waals surface area contributed by atoms with Crippen LogP contribution in [0.4, 0.5) is 0 Å². The van der Waals surface area contributed by atoms with Gasteiger partial charge in [0.05, 0.1) is 13.7 Å². The van der Waals surface area contributed by atoms with E-state index in [9.17, 15) is 0 Å². The Balaban J connectivity index is 1.52. The first-order valence-electron chi connectivity index (χ1n) is 9.17. The maximum Gasteiger partial charge on any atom is 0.161 e. The number of hydrogen-bond donors (Lipinski definition) is 0. The summed E-state index contributed by atoms with van der Waals surface area (Å²) < 4.78 is 11.1. The number of hydrogen-bond acceptors (Lipinski definition) is 4. The summed E-state index contributed by atoms with van der Waals surface area (Å²) in [6.07, 6.45) is 0. The molecule has 26 heavy (non-hydrogen) atoms. The number of piperazine rings is 1. The fourth-order valence-electron chi connectivity index (χ4n) is 3.30. The predicted octanol–water partition coefficient (Wildman–Crippen LogP) is 4.07. The molecule has 0 radical (unpaired) electrons. The van der Waals surface area contributed by atoms with Crippen molar-refractivity contribution >= 4 is 11.6 Å². The zero-order chi connectivity index (χ0) is 18.4. The van der Waals surface area contributed by atoms with E-state index in [1.54, 1.807) is 7.11 Å². The molecule has 0 N–H and O–H groups in total. The summed E-state index contributed by atoms with van der Waals surface area (Å²) in [5.41, 5.74) is 2.58. The number of halogens is 1. The van der Waals surface area contributed by atoms with Crippen LogP contribution in [0.25, 0.3) is 0 Å². The second-order valence-corrected chi connectivity index (χ2v) is 7.03. The van der Waals surface area contributed by atoms with E-state index in [1.807, 2.05) is 25.1 Å². The first kappa shape index (κ1) is 19.0. The van der Waals surface area contributed by atoms with Gasteiger partial charge in [-0.2, -0.15) is 0 Å². The van der Waals surface area contributed by atoms with E-state index < -0.39 is 0 Å². The third-order valence-corrected chi connectivity index (χ3v) is 4.97. The Morgan fingerprint density at radius 3 is 2.00 bits per heavy atom. The Kier molecular flexibility index (Phi) is 6.78. The first-order valence-corrected chi connectivity index (χ1v) is 9.54. The molecule has 0 bridgehead atoms. The maximum absolute atomic E-state index is 5.96. The predicted molar refractivity (Wildman–Crippen MR) is 106 cm³/mol. The molecule has 0 amide bonds. The summed E-state index contributed by atoms with van der Waals surface area (Å²) in [6, 6.07) is 14.4. The highest BCUT2D eigenvalue weighted by Crippen LogP contribution is 2.28. The highest BCUT2D eigenvalue weighted by Gasteiger charge is 2.17. The van der Waals surface area contributed by atoms with Gasteiger partial charge in [-0.3, -0.25) is 9.80 Å². The fourth-order valence-corrected chi connectivity index (χ4v) is 3.43. The van der Waals surface area contributed by atoms with Gasteiger partial charge < -0.3 is 9.47 Å². The standard InChI is InChI=1S/C21H27ClN2O2/c1-3-26-21-14-18(6-9-20(21)25-2)16-24-12-10-23(11-13-24)15-17-4-7-19(22)8-5-17/h4-9,14H,3,10-13,15-16H2,1-2H3. The highest BCUT2D eigenvalue weighted by atomic mass is 35.5. The lowest BCUT2D eigenvalue weighted by Gasteiger charge is -2.34. The molecule has 1 aliphatic rings. The van der Waals surface area contributed by atoms with Crippen LogP contribution < -0.4 is 9.47 Å². The molecule has 1 heterocycles. The van der Waals surface area contributed by atoms with Crippen molar-refractivity contribution in [3.8, 4) is 11.5 Å². The van der Waals surface area contributed by atoms with Crippen molar-refractivity contribution in [1.82, 2.24) is 9.80 Å². The topological polar surface area (TPSA) is 24.9 Å². The molecule has 1 saturated heterocycles. The number of methoxy groups -OCH3 is 1. The van der Waals surface area contributed by atoms with Gasteiger partial charge in [-0.25, -0.2) is 0 Å². The van der Waals surface area contributed by atoms with E-state index in [1.165, 1.54) is 11.1 Å². The van der Waals surface area contributed by atoms with Crippen LogP contribution in [0.15, 0.2) is 42.5 Å². The van der Waals surface area contributed by atoms with Crippen molar-refractivity contribution in [2.75, 3.05) is 39.9 Å². The highest BCUT2D eigenvalue weighted by molar-refractivity contribution is 6.30. The third kappa shape index (κ3) is 5.13. The van der Waals surface area contributed by atoms with E-state index in [0.717, 1.165) is 55.8 Å². The molecule has 2 aromatic rings. The minimum absolute atomic E-state index is 0.642. The van der Waals surface area contributed by atoms with Crippen molar-refractivity contribution in [2.45, 2.75) is 20.0 Å². The summed E-state index contributed by atoms with van der Waals surface area (Å²) in [7, 11) is 1.68. The molecule has 2 aromatic carbocycles. The van der Waals surface area contributed by atoms with Crippen LogP contribution in [0.2, 0.25) is 5.02 Å². The van der Waals surface area contributed by atoms with Gasteiger partial charge in [-0.1, -0.05) is 29.8 Å². The van der Waals surface area contributed by atoms with Crippen LogP contribution in [-0.2, 0) is 13.1 Å². The molecule has 1 fully saturated rings. The average Bonchev–Trinajstić information content (AvgIpc) is 2.66. The minimum Gasteiger partial charge on any atom is -0.493 e. The Bertz CT molecular complexity index is 698. The van der Waals surface area contributed by atoms with Gasteiger partial charge in [-0.15, -0.1) is 0 Å². The molecule has 0 saturated carbocycles. The van der Waals surface area contributed by atoms with Crippen molar-refractivity contribution in [2.24, 2.45) is 0 Å². The summed E-state index contributed by atoms with van der Waals surface area (Å²) in [4.78, 5) is 5.00. The summed E-state index contributed by atoms with van der Waals surface area (Å²) in [5, 5.41) is 0.796. The van der Waals surface area contributed by atoms with Crippen molar-refractivity contribution in [3.05, 3.63) is 58.6 Å². The van der Waals surface area contributed by atoms with Gasteiger partial charge in [0, 0.05) is 44.3 Å². The number of nitrogens with zero attached hydrogens (tertiary/aromatic N) is 2. The summed E-state index contributed by atoms with van der Waals surface area (Å²) >= 11 is 5.96.